The zero-order valence-electron chi connectivity index (χ0n) is 11.5. The van der Waals surface area contributed by atoms with E-state index in [1.807, 2.05) is 0 Å². The Balaban J connectivity index is 1.95. The van der Waals surface area contributed by atoms with Crippen LogP contribution in [-0.4, -0.2) is 68.8 Å². The molecule has 0 aromatic heterocycles. The van der Waals surface area contributed by atoms with Crippen molar-refractivity contribution in [3.63, 3.8) is 0 Å². The average Bonchev–Trinajstić information content (AvgIpc) is 2.85. The second-order valence-corrected chi connectivity index (χ2v) is 5.11. The molecule has 0 amide bonds. The van der Waals surface area contributed by atoms with Crippen molar-refractivity contribution < 1.29 is 4.74 Å². The molecule has 1 atom stereocenters. The summed E-state index contributed by atoms with van der Waals surface area (Å²) in [7, 11) is 2.13. The summed E-state index contributed by atoms with van der Waals surface area (Å²) < 4.78 is 5.74. The van der Waals surface area contributed by atoms with E-state index >= 15 is 0 Å². The van der Waals surface area contributed by atoms with Crippen molar-refractivity contribution in [1.82, 2.24) is 9.80 Å². The molecule has 0 radical (unpaired) electrons. The van der Waals surface area contributed by atoms with Gasteiger partial charge in [-0.05, 0) is 59.4 Å². The van der Waals surface area contributed by atoms with E-state index in [9.17, 15) is 0 Å². The number of ether oxygens (including phenoxy) is 1. The summed E-state index contributed by atoms with van der Waals surface area (Å²) in [5, 5.41) is 0. The molecule has 0 aromatic carbocycles. The minimum absolute atomic E-state index is 0.576. The van der Waals surface area contributed by atoms with Gasteiger partial charge in [0.15, 0.2) is 0 Å². The molecule has 0 aliphatic carbocycles. The van der Waals surface area contributed by atoms with Gasteiger partial charge >= 0.3 is 0 Å². The summed E-state index contributed by atoms with van der Waals surface area (Å²) in [5.74, 6) is 0. The molecular weight excluding hydrogens is 214 g/mol. The lowest BCUT2D eigenvalue weighted by Gasteiger charge is -2.24. The molecular formula is C13H29N3O. The van der Waals surface area contributed by atoms with Crippen molar-refractivity contribution in [3.05, 3.63) is 0 Å². The number of rotatable bonds is 9. The van der Waals surface area contributed by atoms with E-state index in [2.05, 4.69) is 23.8 Å². The van der Waals surface area contributed by atoms with Crippen LogP contribution in [0.2, 0.25) is 0 Å². The number of likely N-dealkylation sites (N-methyl/N-ethyl adjacent to an activating group) is 1. The number of nitrogens with zero attached hydrogens (tertiary/aromatic N) is 2. The fraction of sp³-hybridized carbons (Fsp3) is 1.00. The minimum Gasteiger partial charge on any atom is -0.379 e. The van der Waals surface area contributed by atoms with Crippen molar-refractivity contribution in [3.8, 4) is 0 Å². The van der Waals surface area contributed by atoms with Gasteiger partial charge in [-0.25, -0.2) is 0 Å². The molecule has 2 N–H and O–H groups in total. The summed E-state index contributed by atoms with van der Waals surface area (Å²) in [6, 6.07) is 0.576. The molecule has 4 nitrogen and oxygen atoms in total. The fourth-order valence-electron chi connectivity index (χ4n) is 2.24. The highest BCUT2D eigenvalue weighted by atomic mass is 16.5. The van der Waals surface area contributed by atoms with Crippen molar-refractivity contribution in [2.45, 2.75) is 32.2 Å². The molecule has 1 saturated heterocycles. The maximum atomic E-state index is 5.74. The number of nitrogens with two attached hydrogens (primary N) is 1. The van der Waals surface area contributed by atoms with Gasteiger partial charge in [0.05, 0.1) is 13.2 Å². The first kappa shape index (κ1) is 14.9. The predicted octanol–water partition coefficient (Wildman–Crippen LogP) is 0.768. The second-order valence-electron chi connectivity index (χ2n) is 5.11. The van der Waals surface area contributed by atoms with Gasteiger partial charge in [-0.1, -0.05) is 0 Å². The largest absolute Gasteiger partial charge is 0.379 e. The van der Waals surface area contributed by atoms with Crippen LogP contribution < -0.4 is 5.73 Å². The Morgan fingerprint density at radius 2 is 2.00 bits per heavy atom. The first-order valence-electron chi connectivity index (χ1n) is 6.94. The Hall–Kier alpha value is -0.160. The first-order valence-corrected chi connectivity index (χ1v) is 6.94. The molecule has 1 rings (SSSR count). The van der Waals surface area contributed by atoms with Gasteiger partial charge in [-0.2, -0.15) is 0 Å². The van der Waals surface area contributed by atoms with Gasteiger partial charge in [0.2, 0.25) is 0 Å². The van der Waals surface area contributed by atoms with E-state index in [1.165, 1.54) is 25.9 Å². The molecule has 17 heavy (non-hydrogen) atoms. The van der Waals surface area contributed by atoms with E-state index in [0.717, 1.165) is 39.3 Å². The van der Waals surface area contributed by atoms with Crippen LogP contribution in [0.15, 0.2) is 0 Å². The highest BCUT2D eigenvalue weighted by Gasteiger charge is 2.17. The molecule has 1 aliphatic rings. The molecule has 0 aromatic rings. The number of hydrogen-bond donors (Lipinski definition) is 1. The van der Waals surface area contributed by atoms with Gasteiger partial charge in [-0.15, -0.1) is 0 Å². The Bertz CT molecular complexity index is 184. The summed E-state index contributed by atoms with van der Waals surface area (Å²) in [6.07, 6.45) is 3.78. The third kappa shape index (κ3) is 6.36. The highest BCUT2D eigenvalue weighted by molar-refractivity contribution is 4.72. The lowest BCUT2D eigenvalue weighted by molar-refractivity contribution is 0.0645. The van der Waals surface area contributed by atoms with Crippen molar-refractivity contribution >= 4 is 0 Å². The van der Waals surface area contributed by atoms with Gasteiger partial charge in [-0.3, -0.25) is 4.90 Å². The summed E-state index contributed by atoms with van der Waals surface area (Å²) in [4.78, 5) is 4.81. The summed E-state index contributed by atoms with van der Waals surface area (Å²) in [5.41, 5.74) is 5.48. The normalized spacial score (nSPS) is 19.1. The van der Waals surface area contributed by atoms with Crippen LogP contribution in [0.25, 0.3) is 0 Å². The zero-order chi connectivity index (χ0) is 12.5. The predicted molar refractivity (Wildman–Crippen MR) is 72.3 cm³/mol. The Labute approximate surface area is 106 Å². The van der Waals surface area contributed by atoms with E-state index < -0.39 is 0 Å². The molecule has 4 heteroatoms. The quantitative estimate of drug-likeness (QED) is 0.607. The van der Waals surface area contributed by atoms with Crippen LogP contribution in [0.3, 0.4) is 0 Å². The second kappa shape index (κ2) is 8.86. The molecule has 1 unspecified atom stereocenters. The molecule has 1 heterocycles. The maximum Gasteiger partial charge on any atom is 0.0619 e. The topological polar surface area (TPSA) is 41.7 Å². The van der Waals surface area contributed by atoms with Gasteiger partial charge < -0.3 is 15.4 Å². The lowest BCUT2D eigenvalue weighted by Crippen LogP contribution is -2.35. The molecule has 0 spiro atoms. The Morgan fingerprint density at radius 1 is 1.29 bits per heavy atom. The average molecular weight is 243 g/mol. The monoisotopic (exact) mass is 243 g/mol. The third-order valence-electron chi connectivity index (χ3n) is 3.48. The molecule has 1 fully saturated rings. The smallest absolute Gasteiger partial charge is 0.0619 e. The summed E-state index contributed by atoms with van der Waals surface area (Å²) in [6.45, 7) is 9.32. The minimum atomic E-state index is 0.576. The van der Waals surface area contributed by atoms with Crippen LogP contribution in [0.4, 0.5) is 0 Å². The van der Waals surface area contributed by atoms with Crippen LogP contribution in [-0.2, 0) is 4.74 Å². The van der Waals surface area contributed by atoms with Gasteiger partial charge in [0.1, 0.15) is 0 Å². The van der Waals surface area contributed by atoms with E-state index in [4.69, 9.17) is 10.5 Å². The standard InChI is InChI=1S/C13H29N3O/c1-13(16-8-3-4-9-16)12-17-11-10-15(2)7-5-6-14/h13H,3-12,14H2,1-2H3. The van der Waals surface area contributed by atoms with Gasteiger partial charge in [0.25, 0.3) is 0 Å². The van der Waals surface area contributed by atoms with E-state index in [-0.39, 0.29) is 0 Å². The van der Waals surface area contributed by atoms with Crippen molar-refractivity contribution in [2.24, 2.45) is 5.73 Å². The molecule has 102 valence electrons. The summed E-state index contributed by atoms with van der Waals surface area (Å²) >= 11 is 0. The SMILES string of the molecule is CC(COCCN(C)CCCN)N1CCCC1. The van der Waals surface area contributed by atoms with Crippen molar-refractivity contribution in [2.75, 3.05) is 53.0 Å². The maximum absolute atomic E-state index is 5.74. The third-order valence-corrected chi connectivity index (χ3v) is 3.48. The Kier molecular flexibility index (Phi) is 7.77. The number of hydrogen-bond acceptors (Lipinski definition) is 4. The van der Waals surface area contributed by atoms with Crippen molar-refractivity contribution in [1.29, 1.82) is 0 Å². The fourth-order valence-corrected chi connectivity index (χ4v) is 2.24. The zero-order valence-corrected chi connectivity index (χ0v) is 11.5. The number of likely N-dealkylation sites (tertiary alicyclic amines) is 1. The van der Waals surface area contributed by atoms with Crippen LogP contribution in [0.5, 0.6) is 0 Å². The van der Waals surface area contributed by atoms with Crippen LogP contribution in [0.1, 0.15) is 26.2 Å². The van der Waals surface area contributed by atoms with E-state index in [0.29, 0.717) is 6.04 Å². The van der Waals surface area contributed by atoms with E-state index in [1.54, 1.807) is 0 Å². The van der Waals surface area contributed by atoms with Crippen LogP contribution in [0, 0.1) is 0 Å². The van der Waals surface area contributed by atoms with Crippen LogP contribution >= 0.6 is 0 Å². The van der Waals surface area contributed by atoms with Gasteiger partial charge in [0, 0.05) is 12.6 Å². The lowest BCUT2D eigenvalue weighted by atomic mass is 10.3. The highest BCUT2D eigenvalue weighted by Crippen LogP contribution is 2.11. The molecule has 1 aliphatic heterocycles. The molecule has 0 saturated carbocycles. The molecule has 0 bridgehead atoms. The Morgan fingerprint density at radius 3 is 2.65 bits per heavy atom. The first-order chi connectivity index (χ1) is 8.24.